The van der Waals surface area contributed by atoms with Gasteiger partial charge in [-0.3, -0.25) is 0 Å². The second-order valence-corrected chi connectivity index (χ2v) is 12.6. The fourth-order valence-electron chi connectivity index (χ4n) is 0.833. The fourth-order valence-corrected chi connectivity index (χ4v) is 2.50. The lowest BCUT2D eigenvalue weighted by Crippen LogP contribution is -2.45. The van der Waals surface area contributed by atoms with E-state index >= 15 is 0 Å². The van der Waals surface area contributed by atoms with Crippen LogP contribution in [-0.2, 0) is 44.3 Å². The van der Waals surface area contributed by atoms with E-state index in [1.165, 1.54) is 64.0 Å². The molecular weight excluding hydrogens is 488 g/mol. The summed E-state index contributed by atoms with van der Waals surface area (Å²) in [6.07, 6.45) is 0. The molecule has 0 aliphatic heterocycles. The van der Waals surface area contributed by atoms with Crippen LogP contribution in [0.25, 0.3) is 0 Å². The lowest BCUT2D eigenvalue weighted by molar-refractivity contribution is 0.0225. The Morgan fingerprint density at radius 2 is 0.600 bits per heavy atom. The van der Waals surface area contributed by atoms with Crippen molar-refractivity contribution in [1.29, 1.82) is 0 Å². The zero-order chi connectivity index (χ0) is 25.1. The van der Waals surface area contributed by atoms with Crippen LogP contribution in [0.3, 0.4) is 0 Å². The molecule has 0 atom stereocenters. The van der Waals surface area contributed by atoms with E-state index in [9.17, 15) is 0 Å². The van der Waals surface area contributed by atoms with Gasteiger partial charge in [0, 0.05) is 71.1 Å². The van der Waals surface area contributed by atoms with Crippen LogP contribution in [0.4, 0.5) is 0 Å². The third-order valence-electron chi connectivity index (χ3n) is 2.58. The van der Waals surface area contributed by atoms with Gasteiger partial charge in [0.2, 0.25) is 0 Å². The van der Waals surface area contributed by atoms with Crippen molar-refractivity contribution in [2.75, 3.05) is 71.1 Å². The molecule has 6 N–H and O–H groups in total. The maximum Gasteiger partial charge on any atom is 0.678 e. The molecule has 30 heavy (non-hydrogen) atoms. The molecule has 0 spiro atoms. The highest BCUT2D eigenvalue weighted by Gasteiger charge is 2.40. The summed E-state index contributed by atoms with van der Waals surface area (Å²) >= 11 is 0. The Morgan fingerprint density at radius 3 is 0.600 bits per heavy atom. The van der Waals surface area contributed by atoms with Crippen molar-refractivity contribution in [3.8, 4) is 0 Å². The van der Waals surface area contributed by atoms with Gasteiger partial charge in [-0.1, -0.05) is 0 Å². The molecule has 0 amide bonds. The Morgan fingerprint density at radius 1 is 0.367 bits per heavy atom. The summed E-state index contributed by atoms with van der Waals surface area (Å²) in [5.41, 5.74) is 0. The Kier molecular flexibility index (Phi) is 24.9. The van der Waals surface area contributed by atoms with Crippen LogP contribution >= 0.6 is 0 Å². The summed E-state index contributed by atoms with van der Waals surface area (Å²) in [5.74, 6) is 0. The van der Waals surface area contributed by atoms with Crippen molar-refractivity contribution in [2.45, 2.75) is 0 Å². The van der Waals surface area contributed by atoms with Crippen molar-refractivity contribution < 1.29 is 73.0 Å². The minimum Gasteiger partial charge on any atom is -0.368 e. The Balaban J connectivity index is -0.000000152. The van der Waals surface area contributed by atoms with Gasteiger partial charge in [0.1, 0.15) is 0 Å². The molecule has 0 aromatic carbocycles. The van der Waals surface area contributed by atoms with E-state index in [2.05, 4.69) is 26.6 Å². The maximum atomic E-state index is 8.91. The van der Waals surface area contributed by atoms with Crippen LogP contribution < -0.4 is 0 Å². The van der Waals surface area contributed by atoms with Gasteiger partial charge in [-0.2, -0.15) is 0 Å². The van der Waals surface area contributed by atoms with Gasteiger partial charge >= 0.3 is 36.2 Å². The van der Waals surface area contributed by atoms with Crippen LogP contribution in [0, 0.1) is 0 Å². The van der Waals surface area contributed by atoms with Crippen LogP contribution in [0.1, 0.15) is 0 Å². The third kappa shape index (κ3) is 22.9. The Bertz CT molecular complexity index is 331. The predicted molar refractivity (Wildman–Crippen MR) is 106 cm³/mol. The minimum atomic E-state index is -4.13. The molecule has 16 nitrogen and oxygen atoms in total. The lowest BCUT2D eigenvalue weighted by atomic mass is 11.8. The molecule has 20 heteroatoms. The molecule has 0 radical (unpaired) electrons. The third-order valence-corrected chi connectivity index (χ3v) is 7.74. The summed E-state index contributed by atoms with van der Waals surface area (Å²) in [6.45, 7) is 0. The predicted octanol–water partition coefficient (Wildman–Crippen LogP) is -3.89. The van der Waals surface area contributed by atoms with E-state index in [0.29, 0.717) is 0 Å². The van der Waals surface area contributed by atoms with Gasteiger partial charge in [-0.25, -0.2) is 0 Å². The fraction of sp³-hybridized carbons (Fsp3) is 1.00. The molecule has 0 aliphatic rings. The molecule has 0 rings (SSSR count). The summed E-state index contributed by atoms with van der Waals surface area (Å²) in [5, 5.41) is 0. The summed E-state index contributed by atoms with van der Waals surface area (Å²) < 4.78 is 44.9. The van der Waals surface area contributed by atoms with Gasteiger partial charge in [0.15, 0.2) is 0 Å². The zero-order valence-corrected chi connectivity index (χ0v) is 22.8. The molecule has 0 saturated heterocycles. The first-order chi connectivity index (χ1) is 13.6. The van der Waals surface area contributed by atoms with E-state index in [0.717, 1.165) is 7.11 Å². The highest BCUT2D eigenvalue weighted by molar-refractivity contribution is 6.53. The van der Waals surface area contributed by atoms with Gasteiger partial charge in [0.25, 0.3) is 0 Å². The van der Waals surface area contributed by atoms with E-state index in [1.807, 2.05) is 0 Å². The molecule has 0 bridgehead atoms. The first kappa shape index (κ1) is 37.5. The highest BCUT2D eigenvalue weighted by atomic mass is 28.4. The number of hydrogen-bond donors (Lipinski definition) is 6. The molecule has 0 unspecified atom stereocenters. The van der Waals surface area contributed by atoms with Crippen molar-refractivity contribution >= 4 is 36.2 Å². The normalized spacial score (nSPS) is 12.0. The molecule has 0 fully saturated rings. The molecule has 188 valence electrons. The van der Waals surface area contributed by atoms with Crippen LogP contribution in [0.15, 0.2) is 0 Å². The Hall–Kier alpha value is 0.228. The molecule has 0 heterocycles. The van der Waals surface area contributed by atoms with Crippen LogP contribution in [0.2, 0.25) is 0 Å². The molecule has 0 aliphatic carbocycles. The largest absolute Gasteiger partial charge is 0.678 e. The van der Waals surface area contributed by atoms with E-state index < -0.39 is 36.2 Å². The first-order valence-corrected chi connectivity index (χ1v) is 14.2. The SMILES string of the molecule is CO[Si](O)(O)O.CO[Si](O)(O)OC.CO[Si](O)(OC)OC.CO[Si](OC)(OC)OC. The van der Waals surface area contributed by atoms with E-state index in [4.69, 9.17) is 46.5 Å². The summed E-state index contributed by atoms with van der Waals surface area (Å²) in [4.78, 5) is 49.2. The highest BCUT2D eigenvalue weighted by Crippen LogP contribution is 2.04. The van der Waals surface area contributed by atoms with Crippen molar-refractivity contribution in [3.05, 3.63) is 0 Å². The minimum absolute atomic E-state index is 1.02. The van der Waals surface area contributed by atoms with Gasteiger partial charge in [0.05, 0.1) is 0 Å². The lowest BCUT2D eigenvalue weighted by Gasteiger charge is -2.19. The summed E-state index contributed by atoms with van der Waals surface area (Å²) in [7, 11) is -0.319. The molecule has 0 saturated carbocycles. The van der Waals surface area contributed by atoms with Crippen LogP contribution in [0.5, 0.6) is 0 Å². The standard InChI is InChI=1S/C4H12O4Si.C3H10O4Si.C2H8O4Si.CH6O4Si/c1-5-9(6-2,7-3)8-4;1-5-8(4,6-2)7-3;1-5-7(3,4)6-2;1-5-6(2,3)4/h1-4H3;4H,1-3H3;3-4H,1-2H3;2-4H,1H3. The van der Waals surface area contributed by atoms with Crippen molar-refractivity contribution in [3.63, 3.8) is 0 Å². The summed E-state index contributed by atoms with van der Waals surface area (Å²) in [6, 6.07) is 0. The topological polar surface area (TPSA) is 214 Å². The molecular formula is C10H36O16Si4. The van der Waals surface area contributed by atoms with Gasteiger partial charge < -0.3 is 73.0 Å². The van der Waals surface area contributed by atoms with Crippen molar-refractivity contribution in [1.82, 2.24) is 0 Å². The molecule has 0 aromatic heterocycles. The number of hydrogen-bond acceptors (Lipinski definition) is 16. The Labute approximate surface area is 180 Å². The van der Waals surface area contributed by atoms with E-state index in [-0.39, 0.29) is 0 Å². The van der Waals surface area contributed by atoms with Crippen LogP contribution in [-0.4, -0.2) is 136 Å². The second kappa shape index (κ2) is 19.9. The monoisotopic (exact) mass is 524 g/mol. The quantitative estimate of drug-likeness (QED) is 0.151. The number of rotatable bonds is 10. The smallest absolute Gasteiger partial charge is 0.368 e. The zero-order valence-electron chi connectivity index (χ0n) is 18.8. The average molecular weight is 525 g/mol. The van der Waals surface area contributed by atoms with Crippen molar-refractivity contribution in [2.24, 2.45) is 0 Å². The first-order valence-electron chi connectivity index (χ1n) is 7.47. The van der Waals surface area contributed by atoms with Gasteiger partial charge in [-0.15, -0.1) is 0 Å². The maximum absolute atomic E-state index is 8.91. The second-order valence-electron chi connectivity index (χ2n) is 4.19. The van der Waals surface area contributed by atoms with Gasteiger partial charge in [-0.05, 0) is 0 Å². The average Bonchev–Trinajstić information content (AvgIpc) is 2.76. The van der Waals surface area contributed by atoms with E-state index in [1.54, 1.807) is 0 Å². The molecule has 0 aromatic rings.